The van der Waals surface area contributed by atoms with E-state index in [0.717, 1.165) is 25.9 Å². The summed E-state index contributed by atoms with van der Waals surface area (Å²) in [6.45, 7) is 3.57. The number of ether oxygens (including phenoxy) is 1. The molecule has 1 amide bonds. The maximum absolute atomic E-state index is 12.8. The lowest BCUT2D eigenvalue weighted by Crippen LogP contribution is -2.44. The summed E-state index contributed by atoms with van der Waals surface area (Å²) in [7, 11) is 0. The number of likely N-dealkylation sites (tertiary alicyclic amines) is 1. The Morgan fingerprint density at radius 2 is 1.89 bits per heavy atom. The van der Waals surface area contributed by atoms with Crippen LogP contribution in [0.2, 0.25) is 0 Å². The van der Waals surface area contributed by atoms with Crippen LogP contribution in [0.5, 0.6) is 5.75 Å². The van der Waals surface area contributed by atoms with Gasteiger partial charge in [0.1, 0.15) is 11.6 Å². The number of hydrogen-bond donors (Lipinski definition) is 0. The fraction of sp³-hybridized carbons (Fsp3) is 0.533. The molecule has 1 aliphatic heterocycles. The molecule has 1 atom stereocenters. The van der Waals surface area contributed by atoms with Crippen LogP contribution < -0.4 is 4.74 Å². The molecule has 1 aliphatic rings. The first-order valence-electron chi connectivity index (χ1n) is 6.91. The molecule has 104 valence electrons. The number of rotatable bonds is 4. The van der Waals surface area contributed by atoms with Crippen molar-refractivity contribution in [3.8, 4) is 5.75 Å². The van der Waals surface area contributed by atoms with Gasteiger partial charge < -0.3 is 9.64 Å². The predicted molar refractivity (Wildman–Crippen MR) is 71.5 cm³/mol. The van der Waals surface area contributed by atoms with Crippen LogP contribution in [0.3, 0.4) is 0 Å². The first kappa shape index (κ1) is 13.8. The lowest BCUT2D eigenvalue weighted by atomic mass is 10.1. The van der Waals surface area contributed by atoms with Crippen molar-refractivity contribution in [2.75, 3.05) is 13.1 Å². The maximum Gasteiger partial charge on any atom is 0.263 e. The van der Waals surface area contributed by atoms with E-state index in [-0.39, 0.29) is 11.7 Å². The molecular formula is C15H20FNO2. The number of nitrogens with zero attached hydrogens (tertiary/aromatic N) is 1. The van der Waals surface area contributed by atoms with Gasteiger partial charge in [0.05, 0.1) is 0 Å². The average Bonchev–Trinajstić information content (AvgIpc) is 2.47. The van der Waals surface area contributed by atoms with Gasteiger partial charge in [-0.3, -0.25) is 4.79 Å². The summed E-state index contributed by atoms with van der Waals surface area (Å²) < 4.78 is 18.5. The molecule has 0 spiro atoms. The summed E-state index contributed by atoms with van der Waals surface area (Å²) in [4.78, 5) is 14.2. The standard InChI is InChI=1S/C15H20FNO2/c1-2-14(15(18)17-10-4-3-5-11-17)19-13-8-6-12(16)7-9-13/h6-9,14H,2-5,10-11H2,1H3. The first-order valence-corrected chi connectivity index (χ1v) is 6.91. The van der Waals surface area contributed by atoms with Crippen LogP contribution in [-0.2, 0) is 4.79 Å². The third-order valence-corrected chi connectivity index (χ3v) is 3.41. The Kier molecular flexibility index (Phi) is 4.77. The zero-order valence-electron chi connectivity index (χ0n) is 11.3. The molecule has 1 unspecified atom stereocenters. The largest absolute Gasteiger partial charge is 0.481 e. The molecule has 0 aliphatic carbocycles. The SMILES string of the molecule is CCC(Oc1ccc(F)cc1)C(=O)N1CCCCC1. The molecule has 1 heterocycles. The summed E-state index contributed by atoms with van der Waals surface area (Å²) in [6, 6.07) is 5.80. The van der Waals surface area contributed by atoms with Crippen molar-refractivity contribution in [1.82, 2.24) is 4.90 Å². The van der Waals surface area contributed by atoms with Gasteiger partial charge in [-0.2, -0.15) is 0 Å². The minimum absolute atomic E-state index is 0.0477. The fourth-order valence-electron chi connectivity index (χ4n) is 2.30. The quantitative estimate of drug-likeness (QED) is 0.837. The Balaban J connectivity index is 1.98. The number of benzene rings is 1. The number of piperidine rings is 1. The number of amides is 1. The molecule has 1 saturated heterocycles. The van der Waals surface area contributed by atoms with Crippen LogP contribution in [0.15, 0.2) is 24.3 Å². The number of carbonyl (C=O) groups is 1. The summed E-state index contributed by atoms with van der Waals surface area (Å²) in [5.41, 5.74) is 0. The number of halogens is 1. The van der Waals surface area contributed by atoms with Crippen LogP contribution in [-0.4, -0.2) is 30.0 Å². The minimum atomic E-state index is -0.469. The van der Waals surface area contributed by atoms with Gasteiger partial charge in [-0.15, -0.1) is 0 Å². The smallest absolute Gasteiger partial charge is 0.263 e. The third kappa shape index (κ3) is 3.69. The second kappa shape index (κ2) is 6.55. The van der Waals surface area contributed by atoms with Crippen molar-refractivity contribution in [2.24, 2.45) is 0 Å². The van der Waals surface area contributed by atoms with Gasteiger partial charge in [0.25, 0.3) is 5.91 Å². The molecule has 1 aromatic rings. The second-order valence-electron chi connectivity index (χ2n) is 4.85. The van der Waals surface area contributed by atoms with Crippen molar-refractivity contribution < 1.29 is 13.9 Å². The second-order valence-corrected chi connectivity index (χ2v) is 4.85. The van der Waals surface area contributed by atoms with Gasteiger partial charge in [-0.1, -0.05) is 6.92 Å². The summed E-state index contributed by atoms with van der Waals surface area (Å²) >= 11 is 0. The van der Waals surface area contributed by atoms with Crippen molar-refractivity contribution in [1.29, 1.82) is 0 Å². The van der Waals surface area contributed by atoms with Gasteiger partial charge in [-0.25, -0.2) is 4.39 Å². The summed E-state index contributed by atoms with van der Waals surface area (Å²) in [5.74, 6) is 0.285. The van der Waals surface area contributed by atoms with E-state index < -0.39 is 6.10 Å². The lowest BCUT2D eigenvalue weighted by Gasteiger charge is -2.30. The van der Waals surface area contributed by atoms with Crippen LogP contribution in [0.1, 0.15) is 32.6 Å². The Morgan fingerprint density at radius 3 is 2.47 bits per heavy atom. The molecule has 1 fully saturated rings. The van der Waals surface area contributed by atoms with Gasteiger partial charge in [0.2, 0.25) is 0 Å². The summed E-state index contributed by atoms with van der Waals surface area (Å²) in [6.07, 6.45) is 3.48. The molecule has 0 aromatic heterocycles. The predicted octanol–water partition coefficient (Wildman–Crippen LogP) is 3.00. The van der Waals surface area contributed by atoms with Crippen LogP contribution in [0.4, 0.5) is 4.39 Å². The zero-order valence-corrected chi connectivity index (χ0v) is 11.3. The van der Waals surface area contributed by atoms with Crippen molar-refractivity contribution >= 4 is 5.91 Å². The van der Waals surface area contributed by atoms with E-state index in [9.17, 15) is 9.18 Å². The van der Waals surface area contributed by atoms with E-state index in [1.807, 2.05) is 11.8 Å². The molecule has 0 N–H and O–H groups in total. The van der Waals surface area contributed by atoms with E-state index in [2.05, 4.69) is 0 Å². The summed E-state index contributed by atoms with van der Waals surface area (Å²) in [5, 5.41) is 0. The van der Waals surface area contributed by atoms with Crippen molar-refractivity contribution in [3.63, 3.8) is 0 Å². The van der Waals surface area contributed by atoms with E-state index >= 15 is 0 Å². The highest BCUT2D eigenvalue weighted by molar-refractivity contribution is 5.81. The Labute approximate surface area is 113 Å². The molecule has 19 heavy (non-hydrogen) atoms. The van der Waals surface area contributed by atoms with Crippen LogP contribution in [0, 0.1) is 5.82 Å². The lowest BCUT2D eigenvalue weighted by molar-refractivity contribution is -0.139. The third-order valence-electron chi connectivity index (χ3n) is 3.41. The molecular weight excluding hydrogens is 245 g/mol. The molecule has 4 heteroatoms. The number of hydrogen-bond acceptors (Lipinski definition) is 2. The highest BCUT2D eigenvalue weighted by Gasteiger charge is 2.25. The highest BCUT2D eigenvalue weighted by atomic mass is 19.1. The molecule has 0 bridgehead atoms. The van der Waals surface area contributed by atoms with Crippen LogP contribution >= 0.6 is 0 Å². The Hall–Kier alpha value is -1.58. The molecule has 3 nitrogen and oxygen atoms in total. The van der Waals surface area contributed by atoms with Gasteiger partial charge in [-0.05, 0) is 49.9 Å². The Morgan fingerprint density at radius 1 is 1.26 bits per heavy atom. The Bertz CT molecular complexity index is 413. The van der Waals surface area contributed by atoms with E-state index in [1.165, 1.54) is 18.6 Å². The average molecular weight is 265 g/mol. The number of carbonyl (C=O) groups excluding carboxylic acids is 1. The van der Waals surface area contributed by atoms with Crippen molar-refractivity contribution in [3.05, 3.63) is 30.1 Å². The van der Waals surface area contributed by atoms with Gasteiger partial charge in [0.15, 0.2) is 6.10 Å². The molecule has 0 radical (unpaired) electrons. The molecule has 0 saturated carbocycles. The molecule has 1 aromatic carbocycles. The van der Waals surface area contributed by atoms with E-state index in [1.54, 1.807) is 12.1 Å². The van der Waals surface area contributed by atoms with Gasteiger partial charge >= 0.3 is 0 Å². The fourth-order valence-corrected chi connectivity index (χ4v) is 2.30. The van der Waals surface area contributed by atoms with Crippen LogP contribution in [0.25, 0.3) is 0 Å². The highest BCUT2D eigenvalue weighted by Crippen LogP contribution is 2.17. The zero-order chi connectivity index (χ0) is 13.7. The maximum atomic E-state index is 12.8. The van der Waals surface area contributed by atoms with Crippen molar-refractivity contribution in [2.45, 2.75) is 38.7 Å². The van der Waals surface area contributed by atoms with E-state index in [0.29, 0.717) is 12.2 Å². The first-order chi connectivity index (χ1) is 9.20. The minimum Gasteiger partial charge on any atom is -0.481 e. The normalized spacial score (nSPS) is 17.1. The van der Waals surface area contributed by atoms with Gasteiger partial charge in [0, 0.05) is 13.1 Å². The monoisotopic (exact) mass is 265 g/mol. The van der Waals surface area contributed by atoms with E-state index in [4.69, 9.17) is 4.74 Å². The topological polar surface area (TPSA) is 29.5 Å². The molecule has 2 rings (SSSR count).